The van der Waals surface area contributed by atoms with Crippen molar-refractivity contribution in [3.05, 3.63) is 0 Å². The van der Waals surface area contributed by atoms with Gasteiger partial charge in [0.2, 0.25) is 0 Å². The Balaban J connectivity index is 1.91. The van der Waals surface area contributed by atoms with Crippen LogP contribution in [0.25, 0.3) is 0 Å². The molecule has 0 aromatic rings. The molecule has 0 aromatic carbocycles. The average molecular weight is 156 g/mol. The molecule has 1 unspecified atom stereocenters. The first-order valence-electron chi connectivity index (χ1n) is 4.48. The third kappa shape index (κ3) is 1.28. The molecule has 0 amide bonds. The molecule has 3 nitrogen and oxygen atoms in total. The van der Waals surface area contributed by atoms with Gasteiger partial charge in [-0.15, -0.1) is 0 Å². The quantitative estimate of drug-likeness (QED) is 0.478. The van der Waals surface area contributed by atoms with Crippen LogP contribution in [0.15, 0.2) is 0 Å². The van der Waals surface area contributed by atoms with Crippen molar-refractivity contribution < 1.29 is 5.11 Å². The van der Waals surface area contributed by atoms with Crippen LogP contribution < -0.4 is 10.6 Å². The Morgan fingerprint density at radius 3 is 2.55 bits per heavy atom. The Kier molecular flexibility index (Phi) is 1.87. The maximum absolute atomic E-state index is 9.91. The molecule has 0 radical (unpaired) electrons. The van der Waals surface area contributed by atoms with Crippen LogP contribution in [0.1, 0.15) is 19.3 Å². The van der Waals surface area contributed by atoms with Crippen LogP contribution in [0.3, 0.4) is 0 Å². The molecule has 2 saturated heterocycles. The van der Waals surface area contributed by atoms with Crippen LogP contribution in [-0.4, -0.2) is 36.4 Å². The number of piperidine rings is 1. The molecule has 0 spiro atoms. The minimum Gasteiger partial charge on any atom is -0.386 e. The fourth-order valence-electron chi connectivity index (χ4n) is 1.94. The van der Waals surface area contributed by atoms with Gasteiger partial charge in [0, 0.05) is 19.1 Å². The molecular weight excluding hydrogens is 140 g/mol. The molecule has 11 heavy (non-hydrogen) atoms. The van der Waals surface area contributed by atoms with E-state index in [1.807, 2.05) is 0 Å². The van der Waals surface area contributed by atoms with E-state index in [1.54, 1.807) is 0 Å². The zero-order chi connectivity index (χ0) is 7.73. The smallest absolute Gasteiger partial charge is 0.105 e. The summed E-state index contributed by atoms with van der Waals surface area (Å²) in [6.45, 7) is 2.61. The monoisotopic (exact) mass is 156 g/mol. The zero-order valence-electron chi connectivity index (χ0n) is 6.77. The van der Waals surface area contributed by atoms with Crippen LogP contribution in [0, 0.1) is 0 Å². The normalized spacial score (nSPS) is 36.3. The fraction of sp³-hybridized carbons (Fsp3) is 1.00. The highest BCUT2D eigenvalue weighted by molar-refractivity contribution is 5.02. The molecule has 2 aliphatic rings. The van der Waals surface area contributed by atoms with Gasteiger partial charge in [-0.25, -0.2) is 0 Å². The Morgan fingerprint density at radius 1 is 1.27 bits per heavy atom. The topological polar surface area (TPSA) is 44.3 Å². The second-order valence-corrected chi connectivity index (χ2v) is 3.71. The molecule has 3 N–H and O–H groups in total. The van der Waals surface area contributed by atoms with Gasteiger partial charge < -0.3 is 15.7 Å². The van der Waals surface area contributed by atoms with Gasteiger partial charge >= 0.3 is 0 Å². The highest BCUT2D eigenvalue weighted by Crippen LogP contribution is 2.22. The molecule has 2 fully saturated rings. The summed E-state index contributed by atoms with van der Waals surface area (Å²) in [5, 5.41) is 16.4. The number of aliphatic hydroxyl groups is 1. The number of nitrogens with one attached hydrogen (secondary N) is 2. The fourth-order valence-corrected chi connectivity index (χ4v) is 1.94. The molecule has 0 saturated carbocycles. The van der Waals surface area contributed by atoms with Crippen molar-refractivity contribution >= 4 is 0 Å². The SMILES string of the molecule is OC1(C2CCCCN2)CNC1. The summed E-state index contributed by atoms with van der Waals surface area (Å²) >= 11 is 0. The van der Waals surface area contributed by atoms with E-state index in [-0.39, 0.29) is 0 Å². The molecule has 0 aliphatic carbocycles. The van der Waals surface area contributed by atoms with Crippen LogP contribution in [-0.2, 0) is 0 Å². The van der Waals surface area contributed by atoms with Gasteiger partial charge in [0.1, 0.15) is 5.60 Å². The second kappa shape index (κ2) is 2.73. The molecule has 2 heterocycles. The van der Waals surface area contributed by atoms with Crippen LogP contribution in [0.4, 0.5) is 0 Å². The zero-order valence-corrected chi connectivity index (χ0v) is 6.77. The highest BCUT2D eigenvalue weighted by atomic mass is 16.3. The molecule has 2 rings (SSSR count). The lowest BCUT2D eigenvalue weighted by molar-refractivity contribution is -0.0495. The van der Waals surface area contributed by atoms with Crippen molar-refractivity contribution in [1.82, 2.24) is 10.6 Å². The van der Waals surface area contributed by atoms with E-state index in [2.05, 4.69) is 10.6 Å². The van der Waals surface area contributed by atoms with Gasteiger partial charge in [0.15, 0.2) is 0 Å². The molecule has 0 bridgehead atoms. The lowest BCUT2D eigenvalue weighted by Gasteiger charge is -2.45. The molecule has 0 aromatic heterocycles. The van der Waals surface area contributed by atoms with E-state index in [1.165, 1.54) is 12.8 Å². The number of rotatable bonds is 1. The van der Waals surface area contributed by atoms with Gasteiger partial charge in [-0.3, -0.25) is 0 Å². The van der Waals surface area contributed by atoms with Crippen LogP contribution in [0.5, 0.6) is 0 Å². The maximum Gasteiger partial charge on any atom is 0.105 e. The predicted molar refractivity (Wildman–Crippen MR) is 43.5 cm³/mol. The summed E-state index contributed by atoms with van der Waals surface area (Å²) in [5.41, 5.74) is -0.430. The molecule has 1 atom stereocenters. The minimum atomic E-state index is -0.430. The molecular formula is C8H16N2O. The largest absolute Gasteiger partial charge is 0.386 e. The van der Waals surface area contributed by atoms with E-state index < -0.39 is 5.60 Å². The Hall–Kier alpha value is -0.120. The van der Waals surface area contributed by atoms with Crippen molar-refractivity contribution in [1.29, 1.82) is 0 Å². The summed E-state index contributed by atoms with van der Waals surface area (Å²) in [4.78, 5) is 0. The van der Waals surface area contributed by atoms with Crippen molar-refractivity contribution in [2.24, 2.45) is 0 Å². The van der Waals surface area contributed by atoms with Gasteiger partial charge in [0.25, 0.3) is 0 Å². The number of hydrogen-bond acceptors (Lipinski definition) is 3. The summed E-state index contributed by atoms with van der Waals surface area (Å²) < 4.78 is 0. The third-order valence-electron chi connectivity index (χ3n) is 2.82. The van der Waals surface area contributed by atoms with Crippen molar-refractivity contribution in [3.8, 4) is 0 Å². The highest BCUT2D eigenvalue weighted by Gasteiger charge is 2.42. The summed E-state index contributed by atoms with van der Waals surface area (Å²) in [7, 11) is 0. The second-order valence-electron chi connectivity index (χ2n) is 3.71. The maximum atomic E-state index is 9.91. The van der Waals surface area contributed by atoms with Crippen molar-refractivity contribution in [2.45, 2.75) is 30.9 Å². The minimum absolute atomic E-state index is 0.345. The number of β-amino-alcohol motifs (C(OH)–C–C–N with tert-alkyl or cyclic N) is 1. The molecule has 64 valence electrons. The van der Waals surface area contributed by atoms with Gasteiger partial charge in [-0.05, 0) is 19.4 Å². The Labute approximate surface area is 67.2 Å². The Morgan fingerprint density at radius 2 is 2.09 bits per heavy atom. The van der Waals surface area contributed by atoms with E-state index in [4.69, 9.17) is 0 Å². The standard InChI is InChI=1S/C8H16N2O/c11-8(5-9-6-8)7-3-1-2-4-10-7/h7,9-11H,1-6H2. The summed E-state index contributed by atoms with van der Waals surface area (Å²) in [5.74, 6) is 0. The van der Waals surface area contributed by atoms with E-state index in [0.29, 0.717) is 6.04 Å². The predicted octanol–water partition coefficient (Wildman–Crippen LogP) is -0.537. The summed E-state index contributed by atoms with van der Waals surface area (Å²) in [6.07, 6.45) is 3.66. The average Bonchev–Trinajstić information content (AvgIpc) is 2.02. The first-order valence-corrected chi connectivity index (χ1v) is 4.48. The third-order valence-corrected chi connectivity index (χ3v) is 2.82. The van der Waals surface area contributed by atoms with Crippen LogP contribution >= 0.6 is 0 Å². The lowest BCUT2D eigenvalue weighted by atomic mass is 9.83. The molecule has 2 aliphatic heterocycles. The van der Waals surface area contributed by atoms with Gasteiger partial charge in [0.05, 0.1) is 0 Å². The van der Waals surface area contributed by atoms with E-state index in [9.17, 15) is 5.11 Å². The van der Waals surface area contributed by atoms with Gasteiger partial charge in [-0.2, -0.15) is 0 Å². The van der Waals surface area contributed by atoms with Crippen molar-refractivity contribution in [2.75, 3.05) is 19.6 Å². The summed E-state index contributed by atoms with van der Waals surface area (Å²) in [6, 6.07) is 0.345. The Bertz CT molecular complexity index is 139. The first-order chi connectivity index (χ1) is 5.31. The van der Waals surface area contributed by atoms with Gasteiger partial charge in [-0.1, -0.05) is 6.42 Å². The van der Waals surface area contributed by atoms with Crippen molar-refractivity contribution in [3.63, 3.8) is 0 Å². The van der Waals surface area contributed by atoms with Crippen LogP contribution in [0.2, 0.25) is 0 Å². The van der Waals surface area contributed by atoms with E-state index >= 15 is 0 Å². The van der Waals surface area contributed by atoms with E-state index in [0.717, 1.165) is 26.1 Å². The lowest BCUT2D eigenvalue weighted by Crippen LogP contribution is -2.69. The number of hydrogen-bond donors (Lipinski definition) is 3. The molecule has 3 heteroatoms. The first kappa shape index (κ1) is 7.53.